The van der Waals surface area contributed by atoms with Crippen molar-refractivity contribution in [2.45, 2.75) is 39.5 Å². The van der Waals surface area contributed by atoms with Crippen LogP contribution in [0, 0.1) is 11.3 Å². The number of rotatable bonds is 5. The van der Waals surface area contributed by atoms with E-state index in [0.717, 1.165) is 11.1 Å². The normalized spacial score (nSPS) is 13.0. The molecule has 24 heavy (non-hydrogen) atoms. The molecule has 0 amide bonds. The summed E-state index contributed by atoms with van der Waals surface area (Å²) in [7, 11) is -0.943. The molecular weight excluding hydrogens is 314 g/mol. The molecule has 0 spiro atoms. The first-order valence-corrected chi connectivity index (χ1v) is 10.2. The van der Waals surface area contributed by atoms with Crippen molar-refractivity contribution < 1.29 is 4.21 Å². The predicted octanol–water partition coefficient (Wildman–Crippen LogP) is 5.51. The Morgan fingerprint density at radius 2 is 1.29 bits per heavy atom. The maximum Gasteiger partial charge on any atom is 0.0790 e. The average Bonchev–Trinajstić information content (AvgIpc) is 2.66. The van der Waals surface area contributed by atoms with E-state index in [0.29, 0.717) is 5.75 Å². The van der Waals surface area contributed by atoms with Crippen LogP contribution in [0.25, 0.3) is 0 Å². The maximum absolute atomic E-state index is 11.7. The van der Waals surface area contributed by atoms with Crippen LogP contribution in [0.2, 0.25) is 0 Å². The van der Waals surface area contributed by atoms with Crippen molar-refractivity contribution in [1.82, 2.24) is 0 Å². The molecule has 3 atom stereocenters. The summed E-state index contributed by atoms with van der Waals surface area (Å²) in [5.41, 5.74) is 2.05. The molecule has 0 aliphatic heterocycles. The van der Waals surface area contributed by atoms with E-state index in [1.54, 1.807) is 6.26 Å². The Morgan fingerprint density at radius 3 is 1.67 bits per heavy atom. The highest BCUT2D eigenvalue weighted by Crippen LogP contribution is 2.33. The molecule has 0 N–H and O–H groups in total. The Bertz CT molecular complexity index is 605. The molecular formula is C21H29NOS. The zero-order valence-corrected chi connectivity index (χ0v) is 16.2. The van der Waals surface area contributed by atoms with Gasteiger partial charge in [0.2, 0.25) is 0 Å². The van der Waals surface area contributed by atoms with E-state index in [9.17, 15) is 9.47 Å². The van der Waals surface area contributed by atoms with Gasteiger partial charge in [-0.05, 0) is 11.1 Å². The highest BCUT2D eigenvalue weighted by molar-refractivity contribution is 7.84. The van der Waals surface area contributed by atoms with Crippen molar-refractivity contribution in [1.29, 1.82) is 5.26 Å². The van der Waals surface area contributed by atoms with Gasteiger partial charge in [-0.2, -0.15) is 5.26 Å². The minimum Gasteiger partial charge on any atom is -0.260 e. The second-order valence-electron chi connectivity index (χ2n) is 4.77. The van der Waals surface area contributed by atoms with Gasteiger partial charge in [0.15, 0.2) is 0 Å². The molecule has 0 saturated heterocycles. The third-order valence-electron chi connectivity index (χ3n) is 3.34. The van der Waals surface area contributed by atoms with Crippen LogP contribution in [0.5, 0.6) is 0 Å². The summed E-state index contributed by atoms with van der Waals surface area (Å²) in [6, 6.07) is 22.0. The van der Waals surface area contributed by atoms with E-state index < -0.39 is 10.8 Å². The van der Waals surface area contributed by atoms with Gasteiger partial charge in [-0.3, -0.25) is 4.21 Å². The summed E-state index contributed by atoms with van der Waals surface area (Å²) < 4.78 is 11.7. The highest BCUT2D eigenvalue weighted by Gasteiger charge is 2.25. The van der Waals surface area contributed by atoms with Gasteiger partial charge in [0.1, 0.15) is 0 Å². The van der Waals surface area contributed by atoms with Gasteiger partial charge < -0.3 is 0 Å². The molecule has 2 aromatic carbocycles. The highest BCUT2D eigenvalue weighted by atomic mass is 32.2. The summed E-state index contributed by atoms with van der Waals surface area (Å²) >= 11 is 0. The smallest absolute Gasteiger partial charge is 0.0790 e. The Balaban J connectivity index is 0.00000123. The van der Waals surface area contributed by atoms with E-state index in [-0.39, 0.29) is 11.8 Å². The molecule has 0 saturated carbocycles. The SMILES string of the molecule is CC.CC.CS(=O)CC(c1ccccc1)C(C#N)c1ccccc1. The fourth-order valence-corrected chi connectivity index (χ4v) is 3.29. The lowest BCUT2D eigenvalue weighted by Crippen LogP contribution is -2.16. The zero-order chi connectivity index (χ0) is 18.4. The number of hydrogen-bond acceptors (Lipinski definition) is 2. The fourth-order valence-electron chi connectivity index (χ4n) is 2.40. The number of hydrogen-bond donors (Lipinski definition) is 0. The molecule has 0 aliphatic carbocycles. The maximum atomic E-state index is 11.7. The largest absolute Gasteiger partial charge is 0.260 e. The van der Waals surface area contributed by atoms with E-state index in [2.05, 4.69) is 6.07 Å². The molecule has 0 aliphatic rings. The van der Waals surface area contributed by atoms with Crippen LogP contribution in [0.15, 0.2) is 60.7 Å². The summed E-state index contributed by atoms with van der Waals surface area (Å²) in [6.07, 6.45) is 1.69. The van der Waals surface area contributed by atoms with Gasteiger partial charge in [0.25, 0.3) is 0 Å². The van der Waals surface area contributed by atoms with Crippen LogP contribution in [0.4, 0.5) is 0 Å². The first-order valence-electron chi connectivity index (χ1n) is 8.52. The van der Waals surface area contributed by atoms with Gasteiger partial charge in [0.05, 0.1) is 12.0 Å². The Labute approximate surface area is 150 Å². The van der Waals surface area contributed by atoms with Crippen molar-refractivity contribution in [3.63, 3.8) is 0 Å². The molecule has 0 bridgehead atoms. The molecule has 0 heterocycles. The van der Waals surface area contributed by atoms with Crippen LogP contribution < -0.4 is 0 Å². The van der Waals surface area contributed by atoms with Gasteiger partial charge >= 0.3 is 0 Å². The molecule has 2 rings (SSSR count). The van der Waals surface area contributed by atoms with Gasteiger partial charge in [-0.15, -0.1) is 0 Å². The lowest BCUT2D eigenvalue weighted by Gasteiger charge is -2.22. The van der Waals surface area contributed by atoms with Crippen molar-refractivity contribution in [2.24, 2.45) is 0 Å². The van der Waals surface area contributed by atoms with E-state index in [4.69, 9.17) is 0 Å². The molecule has 3 unspecified atom stereocenters. The second kappa shape index (κ2) is 13.5. The number of nitriles is 1. The molecule has 130 valence electrons. The Morgan fingerprint density at radius 1 is 0.875 bits per heavy atom. The van der Waals surface area contributed by atoms with Crippen molar-refractivity contribution in [3.8, 4) is 6.07 Å². The van der Waals surface area contributed by atoms with Gasteiger partial charge in [-0.25, -0.2) is 0 Å². The molecule has 0 radical (unpaired) electrons. The van der Waals surface area contributed by atoms with Crippen LogP contribution in [-0.4, -0.2) is 16.2 Å². The third kappa shape index (κ3) is 7.10. The van der Waals surface area contributed by atoms with E-state index in [1.807, 2.05) is 88.4 Å². The van der Waals surface area contributed by atoms with Gasteiger partial charge in [-0.1, -0.05) is 88.4 Å². The summed E-state index contributed by atoms with van der Waals surface area (Å²) in [5, 5.41) is 9.58. The average molecular weight is 344 g/mol. The molecule has 2 nitrogen and oxygen atoms in total. The van der Waals surface area contributed by atoms with Crippen molar-refractivity contribution >= 4 is 10.8 Å². The predicted molar refractivity (Wildman–Crippen MR) is 106 cm³/mol. The summed E-state index contributed by atoms with van der Waals surface area (Å²) in [4.78, 5) is 0. The van der Waals surface area contributed by atoms with Crippen molar-refractivity contribution in [3.05, 3.63) is 71.8 Å². The van der Waals surface area contributed by atoms with Gasteiger partial charge in [0, 0.05) is 28.7 Å². The Kier molecular flexibility index (Phi) is 12.4. The number of benzene rings is 2. The van der Waals surface area contributed by atoms with Crippen LogP contribution in [-0.2, 0) is 10.8 Å². The standard InChI is InChI=1S/C17H17NOS.2C2H6/c1-20(19)13-17(15-10-6-3-7-11-15)16(12-18)14-8-4-2-5-9-14;2*1-2/h2-11,16-17H,13H2,1H3;2*1-2H3. The van der Waals surface area contributed by atoms with Crippen LogP contribution >= 0.6 is 0 Å². The monoisotopic (exact) mass is 343 g/mol. The first kappa shape index (κ1) is 22.1. The lowest BCUT2D eigenvalue weighted by atomic mass is 9.83. The lowest BCUT2D eigenvalue weighted by molar-refractivity contribution is 0.657. The minimum atomic E-state index is -0.943. The second-order valence-corrected chi connectivity index (χ2v) is 6.25. The quantitative estimate of drug-likeness (QED) is 0.718. The third-order valence-corrected chi connectivity index (χ3v) is 4.17. The molecule has 3 heteroatoms. The molecule has 0 fully saturated rings. The van der Waals surface area contributed by atoms with Crippen LogP contribution in [0.3, 0.4) is 0 Å². The molecule has 2 aromatic rings. The fraction of sp³-hybridized carbons (Fsp3) is 0.381. The van der Waals surface area contributed by atoms with Crippen molar-refractivity contribution in [2.75, 3.05) is 12.0 Å². The van der Waals surface area contributed by atoms with E-state index in [1.165, 1.54) is 0 Å². The van der Waals surface area contributed by atoms with Crippen LogP contribution in [0.1, 0.15) is 50.7 Å². The topological polar surface area (TPSA) is 40.9 Å². The Hall–Kier alpha value is -1.92. The zero-order valence-electron chi connectivity index (χ0n) is 15.4. The molecule has 0 aromatic heterocycles. The van der Waals surface area contributed by atoms with E-state index >= 15 is 0 Å². The minimum absolute atomic E-state index is 0.0468. The first-order chi connectivity index (χ1) is 11.7. The summed E-state index contributed by atoms with van der Waals surface area (Å²) in [6.45, 7) is 8.00. The number of nitrogens with zero attached hydrogens (tertiary/aromatic N) is 1. The summed E-state index contributed by atoms with van der Waals surface area (Å²) in [5.74, 6) is 0.175.